The van der Waals surface area contributed by atoms with E-state index in [0.717, 1.165) is 11.3 Å². The minimum Gasteiger partial charge on any atom is -0.497 e. The van der Waals surface area contributed by atoms with Gasteiger partial charge < -0.3 is 19.5 Å². The van der Waals surface area contributed by atoms with E-state index < -0.39 is 5.91 Å². The molecule has 140 valence electrons. The Labute approximate surface area is 162 Å². The van der Waals surface area contributed by atoms with E-state index in [1.165, 1.54) is 20.3 Å². The Morgan fingerprint density at radius 3 is 2.41 bits per heavy atom. The first-order valence-electron chi connectivity index (χ1n) is 7.96. The third-order valence-corrected chi connectivity index (χ3v) is 4.02. The number of carbonyl (C=O) groups excluding carboxylic acids is 1. The average molecular weight is 387 g/mol. The van der Waals surface area contributed by atoms with Gasteiger partial charge in [-0.3, -0.25) is 4.79 Å². The molecule has 0 atom stereocenters. The van der Waals surface area contributed by atoms with Crippen LogP contribution in [0.5, 0.6) is 17.2 Å². The third-order valence-electron chi connectivity index (χ3n) is 3.74. The van der Waals surface area contributed by atoms with E-state index >= 15 is 0 Å². The quantitative estimate of drug-likeness (QED) is 0.581. The highest BCUT2D eigenvalue weighted by atomic mass is 35.5. The molecule has 27 heavy (non-hydrogen) atoms. The number of rotatable bonds is 7. The summed E-state index contributed by atoms with van der Waals surface area (Å²) in [4.78, 5) is 12.3. The van der Waals surface area contributed by atoms with E-state index in [4.69, 9.17) is 25.8 Å². The Balaban J connectivity index is 2.16. The summed E-state index contributed by atoms with van der Waals surface area (Å²) in [5.74, 6) is 1.04. The van der Waals surface area contributed by atoms with Gasteiger partial charge in [0.05, 0.1) is 26.4 Å². The van der Waals surface area contributed by atoms with Crippen molar-refractivity contribution < 1.29 is 19.0 Å². The van der Waals surface area contributed by atoms with Crippen LogP contribution < -0.4 is 19.5 Å². The van der Waals surface area contributed by atoms with Crippen LogP contribution in [0, 0.1) is 11.3 Å². The zero-order valence-corrected chi connectivity index (χ0v) is 16.0. The highest BCUT2D eigenvalue weighted by Crippen LogP contribution is 2.36. The Morgan fingerprint density at radius 1 is 1.15 bits per heavy atom. The lowest BCUT2D eigenvalue weighted by atomic mass is 10.1. The number of carbonyl (C=O) groups is 1. The van der Waals surface area contributed by atoms with E-state index in [0.29, 0.717) is 22.1 Å². The Morgan fingerprint density at radius 2 is 1.85 bits per heavy atom. The standard InChI is InChI=1S/C20H19ClN2O4/c1-25-16-6-4-13(5-7-16)12-23-20(24)15(11-22)8-14-9-17(21)19(27-3)18(10-14)26-2/h4-10H,12H2,1-3H3,(H,23,24)/b15-8-. The van der Waals surface area contributed by atoms with E-state index in [2.05, 4.69) is 5.32 Å². The van der Waals surface area contributed by atoms with Crippen molar-refractivity contribution >= 4 is 23.6 Å². The molecule has 0 aromatic heterocycles. The molecule has 7 heteroatoms. The summed E-state index contributed by atoms with van der Waals surface area (Å²) in [6.45, 7) is 0.286. The zero-order valence-electron chi connectivity index (χ0n) is 15.2. The van der Waals surface area contributed by atoms with Crippen LogP contribution in [-0.4, -0.2) is 27.2 Å². The number of ether oxygens (including phenoxy) is 3. The van der Waals surface area contributed by atoms with Crippen molar-refractivity contribution in [2.75, 3.05) is 21.3 Å². The monoisotopic (exact) mass is 386 g/mol. The second kappa shape index (κ2) is 9.51. The molecule has 0 spiro atoms. The summed E-state index contributed by atoms with van der Waals surface area (Å²) >= 11 is 6.16. The number of benzene rings is 2. The van der Waals surface area contributed by atoms with Crippen LogP contribution in [0.1, 0.15) is 11.1 Å². The van der Waals surface area contributed by atoms with Crippen molar-refractivity contribution in [2.24, 2.45) is 0 Å². The third kappa shape index (κ3) is 5.16. The summed E-state index contributed by atoms with van der Waals surface area (Å²) in [6, 6.07) is 12.4. The van der Waals surface area contributed by atoms with Crippen molar-refractivity contribution in [1.82, 2.24) is 5.32 Å². The predicted molar refractivity (Wildman–Crippen MR) is 103 cm³/mol. The number of hydrogen-bond donors (Lipinski definition) is 1. The molecule has 0 saturated heterocycles. The van der Waals surface area contributed by atoms with Crippen molar-refractivity contribution in [2.45, 2.75) is 6.54 Å². The molecule has 0 bridgehead atoms. The molecule has 1 N–H and O–H groups in total. The topological polar surface area (TPSA) is 80.6 Å². The van der Waals surface area contributed by atoms with Gasteiger partial charge in [0, 0.05) is 6.54 Å². The van der Waals surface area contributed by atoms with Crippen LogP contribution in [0.2, 0.25) is 5.02 Å². The molecular formula is C20H19ClN2O4. The predicted octanol–water partition coefficient (Wildman–Crippen LogP) is 3.59. The van der Waals surface area contributed by atoms with Crippen LogP contribution in [0.3, 0.4) is 0 Å². The largest absolute Gasteiger partial charge is 0.497 e. The van der Waals surface area contributed by atoms with Crippen molar-refractivity contribution in [3.05, 3.63) is 58.1 Å². The minimum absolute atomic E-state index is 0.0493. The first-order chi connectivity index (χ1) is 13.0. The highest BCUT2D eigenvalue weighted by molar-refractivity contribution is 6.32. The molecule has 0 aliphatic carbocycles. The second-order valence-electron chi connectivity index (χ2n) is 5.44. The molecule has 0 saturated carbocycles. The fourth-order valence-corrected chi connectivity index (χ4v) is 2.65. The Kier molecular flexibility index (Phi) is 7.09. The molecule has 0 heterocycles. The van der Waals surface area contributed by atoms with Gasteiger partial charge in [-0.2, -0.15) is 5.26 Å². The van der Waals surface area contributed by atoms with Crippen LogP contribution in [0.15, 0.2) is 42.0 Å². The molecule has 0 radical (unpaired) electrons. The van der Waals surface area contributed by atoms with Crippen LogP contribution >= 0.6 is 11.6 Å². The van der Waals surface area contributed by atoms with Crippen molar-refractivity contribution in [3.8, 4) is 23.3 Å². The summed E-state index contributed by atoms with van der Waals surface area (Å²) < 4.78 is 15.5. The lowest BCUT2D eigenvalue weighted by Crippen LogP contribution is -2.23. The van der Waals surface area contributed by atoms with Gasteiger partial charge in [0.2, 0.25) is 0 Å². The van der Waals surface area contributed by atoms with E-state index in [1.54, 1.807) is 31.4 Å². The average Bonchev–Trinajstić information content (AvgIpc) is 2.70. The van der Waals surface area contributed by atoms with Gasteiger partial charge >= 0.3 is 0 Å². The fraction of sp³-hybridized carbons (Fsp3) is 0.200. The summed E-state index contributed by atoms with van der Waals surface area (Å²) in [5, 5.41) is 12.4. The van der Waals surface area contributed by atoms with E-state index in [9.17, 15) is 10.1 Å². The lowest BCUT2D eigenvalue weighted by Gasteiger charge is -2.10. The Bertz CT molecular complexity index is 886. The van der Waals surface area contributed by atoms with Crippen LogP contribution in [0.25, 0.3) is 6.08 Å². The van der Waals surface area contributed by atoms with Crippen molar-refractivity contribution in [1.29, 1.82) is 5.26 Å². The molecule has 2 rings (SSSR count). The first kappa shape index (κ1) is 20.1. The summed E-state index contributed by atoms with van der Waals surface area (Å²) in [7, 11) is 4.54. The molecular weight excluding hydrogens is 368 g/mol. The smallest absolute Gasteiger partial charge is 0.262 e. The molecule has 2 aromatic rings. The second-order valence-corrected chi connectivity index (χ2v) is 5.85. The fourth-order valence-electron chi connectivity index (χ4n) is 2.36. The number of nitriles is 1. The number of hydrogen-bond acceptors (Lipinski definition) is 5. The first-order valence-corrected chi connectivity index (χ1v) is 8.34. The lowest BCUT2D eigenvalue weighted by molar-refractivity contribution is -0.117. The number of methoxy groups -OCH3 is 3. The van der Waals surface area contributed by atoms with Gasteiger partial charge in [0.25, 0.3) is 5.91 Å². The molecule has 2 aromatic carbocycles. The summed E-state index contributed by atoms with van der Waals surface area (Å²) in [5.41, 5.74) is 1.39. The molecule has 6 nitrogen and oxygen atoms in total. The molecule has 0 unspecified atom stereocenters. The van der Waals surface area contributed by atoms with Gasteiger partial charge in [-0.15, -0.1) is 0 Å². The maximum Gasteiger partial charge on any atom is 0.262 e. The molecule has 1 amide bonds. The van der Waals surface area contributed by atoms with Gasteiger partial charge in [0.1, 0.15) is 17.4 Å². The van der Waals surface area contributed by atoms with Crippen LogP contribution in [0.4, 0.5) is 0 Å². The maximum absolute atomic E-state index is 12.3. The molecule has 0 fully saturated rings. The SMILES string of the molecule is COc1ccc(CNC(=O)/C(C#N)=C\c2cc(Cl)c(OC)c(OC)c2)cc1. The highest BCUT2D eigenvalue weighted by Gasteiger charge is 2.13. The number of nitrogens with zero attached hydrogens (tertiary/aromatic N) is 1. The number of nitrogens with one attached hydrogen (secondary N) is 1. The van der Waals surface area contributed by atoms with Crippen LogP contribution in [-0.2, 0) is 11.3 Å². The van der Waals surface area contributed by atoms with Gasteiger partial charge in [-0.05, 0) is 41.5 Å². The number of halogens is 1. The van der Waals surface area contributed by atoms with E-state index in [-0.39, 0.29) is 12.1 Å². The summed E-state index contributed by atoms with van der Waals surface area (Å²) in [6.07, 6.45) is 1.44. The Hall–Kier alpha value is -3.17. The van der Waals surface area contributed by atoms with Gasteiger partial charge in [0.15, 0.2) is 11.5 Å². The zero-order chi connectivity index (χ0) is 19.8. The van der Waals surface area contributed by atoms with Gasteiger partial charge in [-0.1, -0.05) is 23.7 Å². The van der Waals surface area contributed by atoms with E-state index in [1.807, 2.05) is 18.2 Å². The normalized spacial score (nSPS) is 10.7. The van der Waals surface area contributed by atoms with Gasteiger partial charge in [-0.25, -0.2) is 0 Å². The molecule has 0 aliphatic rings. The maximum atomic E-state index is 12.3. The minimum atomic E-state index is -0.487. The number of amides is 1. The van der Waals surface area contributed by atoms with Crippen molar-refractivity contribution in [3.63, 3.8) is 0 Å². The molecule has 0 aliphatic heterocycles.